The van der Waals surface area contributed by atoms with Crippen molar-refractivity contribution in [1.29, 1.82) is 0 Å². The fourth-order valence-electron chi connectivity index (χ4n) is 4.01. The van der Waals surface area contributed by atoms with Gasteiger partial charge in [-0.15, -0.1) is 0 Å². The van der Waals surface area contributed by atoms with Crippen LogP contribution in [0.25, 0.3) is 6.08 Å². The van der Waals surface area contributed by atoms with Crippen molar-refractivity contribution >= 4 is 75.1 Å². The molecule has 4 rings (SSSR count). The highest BCUT2D eigenvalue weighted by Crippen LogP contribution is 2.45. The van der Waals surface area contributed by atoms with E-state index in [1.54, 1.807) is 18.2 Å². The van der Waals surface area contributed by atoms with E-state index in [4.69, 9.17) is 34.8 Å². The summed E-state index contributed by atoms with van der Waals surface area (Å²) >= 11 is 19.9. The van der Waals surface area contributed by atoms with Gasteiger partial charge in [-0.2, -0.15) is 0 Å². The summed E-state index contributed by atoms with van der Waals surface area (Å²) in [4.78, 5) is 19.8. The third-order valence-electron chi connectivity index (χ3n) is 5.82. The van der Waals surface area contributed by atoms with Crippen LogP contribution in [0.5, 0.6) is 0 Å². The number of hydrogen-bond acceptors (Lipinski definition) is 4. The van der Waals surface area contributed by atoms with Gasteiger partial charge in [0.15, 0.2) is 5.17 Å². The zero-order valence-corrected chi connectivity index (χ0v) is 20.7. The lowest BCUT2D eigenvalue weighted by molar-refractivity contribution is -0.115. The molecule has 0 spiro atoms. The van der Waals surface area contributed by atoms with Gasteiger partial charge in [0.2, 0.25) is 0 Å². The SMILES string of the molecule is CC1CC(C)(C)N(C)c2cc(Cl)c(/C=C3/SC(=Nc4ccc(Cl)c(Cl)c4)NC3=O)cc21. The van der Waals surface area contributed by atoms with Crippen molar-refractivity contribution in [1.82, 2.24) is 5.32 Å². The van der Waals surface area contributed by atoms with Crippen molar-refractivity contribution in [3.05, 3.63) is 61.4 Å². The van der Waals surface area contributed by atoms with E-state index in [0.717, 1.165) is 17.7 Å². The minimum atomic E-state index is -0.205. The van der Waals surface area contributed by atoms with Gasteiger partial charge < -0.3 is 10.2 Å². The number of anilines is 1. The van der Waals surface area contributed by atoms with Gasteiger partial charge in [-0.25, -0.2) is 4.99 Å². The van der Waals surface area contributed by atoms with Crippen LogP contribution in [0, 0.1) is 0 Å². The van der Waals surface area contributed by atoms with Gasteiger partial charge in [0.25, 0.3) is 5.91 Å². The summed E-state index contributed by atoms with van der Waals surface area (Å²) in [6.07, 6.45) is 2.87. The lowest BCUT2D eigenvalue weighted by Crippen LogP contribution is -2.45. The summed E-state index contributed by atoms with van der Waals surface area (Å²) in [5.74, 6) is 0.191. The van der Waals surface area contributed by atoms with Gasteiger partial charge in [0, 0.05) is 23.3 Å². The van der Waals surface area contributed by atoms with E-state index < -0.39 is 0 Å². The molecule has 0 saturated carbocycles. The Morgan fingerprint density at radius 3 is 2.61 bits per heavy atom. The highest BCUT2D eigenvalue weighted by Gasteiger charge is 2.34. The van der Waals surface area contributed by atoms with Crippen molar-refractivity contribution in [2.45, 2.75) is 38.6 Å². The Morgan fingerprint density at radius 1 is 1.16 bits per heavy atom. The maximum atomic E-state index is 12.5. The Balaban J connectivity index is 1.65. The van der Waals surface area contributed by atoms with Crippen molar-refractivity contribution in [3.8, 4) is 0 Å². The van der Waals surface area contributed by atoms with Gasteiger partial charge in [0.05, 0.1) is 20.6 Å². The predicted octanol–water partition coefficient (Wildman–Crippen LogP) is 7.26. The average Bonchev–Trinajstić information content (AvgIpc) is 3.02. The van der Waals surface area contributed by atoms with Crippen LogP contribution in [0.3, 0.4) is 0 Å². The predicted molar refractivity (Wildman–Crippen MR) is 134 cm³/mol. The number of hydrogen-bond donors (Lipinski definition) is 1. The van der Waals surface area contributed by atoms with E-state index in [-0.39, 0.29) is 11.4 Å². The minimum Gasteiger partial charge on any atom is -0.369 e. The van der Waals surface area contributed by atoms with Gasteiger partial charge >= 0.3 is 0 Å². The molecule has 2 aliphatic rings. The number of rotatable bonds is 2. The van der Waals surface area contributed by atoms with Crippen LogP contribution < -0.4 is 10.2 Å². The number of amides is 1. The molecule has 1 N–H and O–H groups in total. The van der Waals surface area contributed by atoms with Gasteiger partial charge in [0.1, 0.15) is 0 Å². The zero-order valence-electron chi connectivity index (χ0n) is 17.6. The van der Waals surface area contributed by atoms with E-state index >= 15 is 0 Å². The third kappa shape index (κ3) is 4.47. The molecule has 1 fully saturated rings. The Morgan fingerprint density at radius 2 is 1.90 bits per heavy atom. The molecule has 0 aromatic heterocycles. The number of halogens is 3. The van der Waals surface area contributed by atoms with E-state index in [9.17, 15) is 4.79 Å². The van der Waals surface area contributed by atoms with Crippen LogP contribution in [0.1, 0.15) is 44.2 Å². The molecule has 4 nitrogen and oxygen atoms in total. The molecule has 1 amide bonds. The molecular weight excluding hydrogens is 473 g/mol. The molecule has 162 valence electrons. The smallest absolute Gasteiger partial charge is 0.264 e. The molecule has 31 heavy (non-hydrogen) atoms. The van der Waals surface area contributed by atoms with Crippen molar-refractivity contribution in [3.63, 3.8) is 0 Å². The monoisotopic (exact) mass is 493 g/mol. The fourth-order valence-corrected chi connectivity index (χ4v) is 5.35. The molecule has 0 radical (unpaired) electrons. The molecule has 2 aliphatic heterocycles. The molecule has 2 aromatic rings. The van der Waals surface area contributed by atoms with E-state index in [2.05, 4.69) is 49.1 Å². The number of amidine groups is 1. The van der Waals surface area contributed by atoms with Gasteiger partial charge in [-0.05, 0) is 85.5 Å². The lowest BCUT2D eigenvalue weighted by Gasteiger charge is -2.45. The third-order valence-corrected chi connectivity index (χ3v) is 7.80. The van der Waals surface area contributed by atoms with Crippen LogP contribution in [-0.4, -0.2) is 23.7 Å². The molecule has 2 aromatic carbocycles. The number of thioether (sulfide) groups is 1. The summed E-state index contributed by atoms with van der Waals surface area (Å²) in [6, 6.07) is 9.18. The first-order valence-corrected chi connectivity index (χ1v) is 11.8. The second-order valence-corrected chi connectivity index (χ2v) is 10.7. The Bertz CT molecular complexity index is 1140. The number of nitrogens with zero attached hydrogens (tertiary/aromatic N) is 2. The Hall–Kier alpha value is -1.66. The average molecular weight is 495 g/mol. The summed E-state index contributed by atoms with van der Waals surface area (Å²) in [5, 5.41) is 4.77. The number of carbonyl (C=O) groups excluding carboxylic acids is 1. The van der Waals surface area contributed by atoms with Crippen LogP contribution in [0.2, 0.25) is 15.1 Å². The zero-order chi connectivity index (χ0) is 22.5. The van der Waals surface area contributed by atoms with Crippen molar-refractivity contribution in [2.24, 2.45) is 4.99 Å². The molecule has 8 heteroatoms. The quantitative estimate of drug-likeness (QED) is 0.447. The summed E-state index contributed by atoms with van der Waals surface area (Å²) in [7, 11) is 2.10. The number of fused-ring (bicyclic) bond motifs is 1. The first-order chi connectivity index (χ1) is 14.5. The van der Waals surface area contributed by atoms with Crippen LogP contribution >= 0.6 is 46.6 Å². The lowest BCUT2D eigenvalue weighted by atomic mass is 9.80. The first-order valence-electron chi connectivity index (χ1n) is 9.87. The van der Waals surface area contributed by atoms with E-state index in [0.29, 0.717) is 36.7 Å². The molecule has 0 aliphatic carbocycles. The normalized spacial score (nSPS) is 22.7. The second kappa shape index (κ2) is 8.36. The van der Waals surface area contributed by atoms with E-state index in [1.165, 1.54) is 17.3 Å². The largest absolute Gasteiger partial charge is 0.369 e. The number of carbonyl (C=O) groups is 1. The molecule has 1 saturated heterocycles. The molecule has 1 unspecified atom stereocenters. The van der Waals surface area contributed by atoms with Gasteiger partial charge in [-0.1, -0.05) is 41.7 Å². The highest BCUT2D eigenvalue weighted by molar-refractivity contribution is 8.18. The van der Waals surface area contributed by atoms with Crippen molar-refractivity contribution in [2.75, 3.05) is 11.9 Å². The fraction of sp³-hybridized carbons (Fsp3) is 0.304. The Kier molecular flexibility index (Phi) is 6.08. The number of benzene rings is 2. The Labute approximate surface area is 201 Å². The molecule has 0 bridgehead atoms. The number of nitrogens with one attached hydrogen (secondary N) is 1. The summed E-state index contributed by atoms with van der Waals surface area (Å²) in [5.41, 5.74) is 3.89. The van der Waals surface area contributed by atoms with Crippen LogP contribution in [0.4, 0.5) is 11.4 Å². The molecular formula is C23H22Cl3N3OS. The van der Waals surface area contributed by atoms with E-state index in [1.807, 2.05) is 12.1 Å². The maximum Gasteiger partial charge on any atom is 0.264 e. The molecule has 1 atom stereocenters. The van der Waals surface area contributed by atoms with Gasteiger partial charge in [-0.3, -0.25) is 4.79 Å². The van der Waals surface area contributed by atoms with Crippen LogP contribution in [0.15, 0.2) is 40.2 Å². The summed E-state index contributed by atoms with van der Waals surface area (Å²) < 4.78 is 0. The number of aliphatic imine (C=N–C) groups is 1. The highest BCUT2D eigenvalue weighted by atomic mass is 35.5. The van der Waals surface area contributed by atoms with Crippen LogP contribution in [-0.2, 0) is 4.79 Å². The molecule has 2 heterocycles. The minimum absolute atomic E-state index is 0.0623. The van der Waals surface area contributed by atoms with Crippen molar-refractivity contribution < 1.29 is 4.79 Å². The standard InChI is InChI=1S/C23H22Cl3N3OS/c1-12-11-23(2,3)29(4)19-10-17(25)13(7-15(12)19)8-20-21(30)28-22(31-20)27-14-5-6-16(24)18(26)9-14/h5-10,12H,11H2,1-4H3,(H,27,28,30)/b20-8+. The topological polar surface area (TPSA) is 44.7 Å². The summed E-state index contributed by atoms with van der Waals surface area (Å²) in [6.45, 7) is 6.71. The first kappa shape index (κ1) is 22.5. The second-order valence-electron chi connectivity index (χ2n) is 8.49. The maximum absolute atomic E-state index is 12.5.